The minimum atomic E-state index is -0.951. The van der Waals surface area contributed by atoms with Crippen molar-refractivity contribution in [3.8, 4) is 0 Å². The molecule has 1 aliphatic heterocycles. The molecular formula is C13H16N2O3S. The van der Waals surface area contributed by atoms with E-state index in [1.165, 1.54) is 16.7 Å². The van der Waals surface area contributed by atoms with Gasteiger partial charge < -0.3 is 15.3 Å². The van der Waals surface area contributed by atoms with Crippen LogP contribution in [-0.2, 0) is 4.79 Å². The molecule has 1 aliphatic rings. The minimum Gasteiger partial charge on any atom is -0.480 e. The van der Waals surface area contributed by atoms with E-state index in [1.54, 1.807) is 0 Å². The van der Waals surface area contributed by atoms with E-state index in [9.17, 15) is 9.59 Å². The number of hydrogen-bond donors (Lipinski definition) is 2. The molecule has 102 valence electrons. The molecule has 1 heterocycles. The zero-order valence-electron chi connectivity index (χ0n) is 10.6. The lowest BCUT2D eigenvalue weighted by Crippen LogP contribution is -2.47. The number of benzene rings is 1. The van der Waals surface area contributed by atoms with Crippen LogP contribution in [0.15, 0.2) is 30.3 Å². The normalized spacial score (nSPS) is 20.1. The van der Waals surface area contributed by atoms with Gasteiger partial charge in [-0.25, -0.2) is 9.59 Å². The highest BCUT2D eigenvalue weighted by Crippen LogP contribution is 2.22. The van der Waals surface area contributed by atoms with Gasteiger partial charge >= 0.3 is 12.0 Å². The average Bonchev–Trinajstić information content (AvgIpc) is 2.89. The van der Waals surface area contributed by atoms with E-state index < -0.39 is 12.0 Å². The van der Waals surface area contributed by atoms with Gasteiger partial charge in [0.25, 0.3) is 0 Å². The second kappa shape index (κ2) is 5.97. The van der Waals surface area contributed by atoms with Crippen molar-refractivity contribution in [1.29, 1.82) is 0 Å². The van der Waals surface area contributed by atoms with Crippen molar-refractivity contribution in [3.05, 3.63) is 35.9 Å². The van der Waals surface area contributed by atoms with Crippen LogP contribution < -0.4 is 5.32 Å². The monoisotopic (exact) mass is 280 g/mol. The molecule has 1 fully saturated rings. The number of carbonyl (C=O) groups excluding carboxylic acids is 1. The molecule has 1 saturated heterocycles. The molecule has 5 nitrogen and oxygen atoms in total. The summed E-state index contributed by atoms with van der Waals surface area (Å²) in [5.74, 6) is -0.0835. The standard InChI is InChI=1S/C13H16N2O3S/c1-9(10-5-3-2-4-6-10)14-13(18)15-8-19-7-11(15)12(16)17/h2-6,9,11H,7-8H2,1H3,(H,14,18)(H,16,17)/t9?,11-/m0/s1. The zero-order chi connectivity index (χ0) is 13.8. The highest BCUT2D eigenvalue weighted by atomic mass is 32.2. The summed E-state index contributed by atoms with van der Waals surface area (Å²) < 4.78 is 0. The van der Waals surface area contributed by atoms with Crippen LogP contribution in [-0.4, -0.2) is 39.7 Å². The topological polar surface area (TPSA) is 69.6 Å². The molecule has 0 saturated carbocycles. The summed E-state index contributed by atoms with van der Waals surface area (Å²) in [5.41, 5.74) is 0.995. The molecule has 1 aromatic carbocycles. The predicted octanol–water partition coefficient (Wildman–Crippen LogP) is 1.92. The molecule has 1 aromatic rings. The van der Waals surface area contributed by atoms with Crippen molar-refractivity contribution >= 4 is 23.8 Å². The van der Waals surface area contributed by atoms with Gasteiger partial charge in [0.05, 0.1) is 11.9 Å². The number of aliphatic carboxylic acids is 1. The molecule has 2 N–H and O–H groups in total. The second-order valence-corrected chi connectivity index (χ2v) is 5.41. The number of nitrogens with zero attached hydrogens (tertiary/aromatic N) is 1. The van der Waals surface area contributed by atoms with E-state index >= 15 is 0 Å². The molecule has 6 heteroatoms. The Kier molecular flexibility index (Phi) is 4.31. The lowest BCUT2D eigenvalue weighted by atomic mass is 10.1. The number of carbonyl (C=O) groups is 2. The first-order valence-electron chi connectivity index (χ1n) is 6.02. The van der Waals surface area contributed by atoms with Gasteiger partial charge in [-0.3, -0.25) is 0 Å². The first-order valence-corrected chi connectivity index (χ1v) is 7.17. The van der Waals surface area contributed by atoms with Gasteiger partial charge in [-0.2, -0.15) is 0 Å². The molecule has 0 aliphatic carbocycles. The van der Waals surface area contributed by atoms with Gasteiger partial charge in [0, 0.05) is 5.75 Å². The lowest BCUT2D eigenvalue weighted by Gasteiger charge is -2.23. The average molecular weight is 280 g/mol. The number of hydrogen-bond acceptors (Lipinski definition) is 3. The van der Waals surface area contributed by atoms with Gasteiger partial charge in [0.15, 0.2) is 0 Å². The molecule has 2 rings (SSSR count). The maximum atomic E-state index is 12.1. The summed E-state index contributed by atoms with van der Waals surface area (Å²) >= 11 is 1.45. The number of thioether (sulfide) groups is 1. The van der Waals surface area contributed by atoms with E-state index in [4.69, 9.17) is 5.11 Å². The third-order valence-electron chi connectivity index (χ3n) is 3.07. The van der Waals surface area contributed by atoms with Gasteiger partial charge in [-0.15, -0.1) is 11.8 Å². The lowest BCUT2D eigenvalue weighted by molar-refractivity contribution is -0.140. The Morgan fingerprint density at radius 2 is 2.11 bits per heavy atom. The summed E-state index contributed by atoms with van der Waals surface area (Å²) in [4.78, 5) is 24.5. The van der Waals surface area contributed by atoms with Crippen LogP contribution in [0.25, 0.3) is 0 Å². The van der Waals surface area contributed by atoms with Crippen LogP contribution >= 0.6 is 11.8 Å². The Morgan fingerprint density at radius 3 is 2.74 bits per heavy atom. The molecular weight excluding hydrogens is 264 g/mol. The number of urea groups is 1. The molecule has 0 bridgehead atoms. The number of carboxylic acid groups (broad SMARTS) is 1. The third kappa shape index (κ3) is 3.20. The van der Waals surface area contributed by atoms with Crippen LogP contribution in [0.4, 0.5) is 4.79 Å². The highest BCUT2D eigenvalue weighted by molar-refractivity contribution is 7.99. The maximum Gasteiger partial charge on any atom is 0.327 e. The minimum absolute atomic E-state index is 0.145. The Hall–Kier alpha value is -1.69. The quantitative estimate of drug-likeness (QED) is 0.887. The van der Waals surface area contributed by atoms with Crippen LogP contribution in [0.1, 0.15) is 18.5 Å². The first kappa shape index (κ1) is 13.7. The Labute approximate surface area is 116 Å². The van der Waals surface area contributed by atoms with Crippen molar-refractivity contribution in [2.45, 2.75) is 19.0 Å². The molecule has 1 unspecified atom stereocenters. The predicted molar refractivity (Wildman–Crippen MR) is 74.0 cm³/mol. The van der Waals surface area contributed by atoms with E-state index in [0.29, 0.717) is 11.6 Å². The van der Waals surface area contributed by atoms with Crippen molar-refractivity contribution < 1.29 is 14.7 Å². The van der Waals surface area contributed by atoms with Crippen LogP contribution in [0.5, 0.6) is 0 Å². The third-order valence-corrected chi connectivity index (χ3v) is 4.08. The molecule has 19 heavy (non-hydrogen) atoms. The SMILES string of the molecule is CC(NC(=O)N1CSC[C@H]1C(=O)O)c1ccccc1. The number of nitrogens with one attached hydrogen (secondary N) is 1. The number of amides is 2. The fourth-order valence-electron chi connectivity index (χ4n) is 1.94. The summed E-state index contributed by atoms with van der Waals surface area (Å²) in [6, 6.07) is 8.38. The highest BCUT2D eigenvalue weighted by Gasteiger charge is 2.34. The van der Waals surface area contributed by atoms with Gasteiger partial charge in [0.2, 0.25) is 0 Å². The Balaban J connectivity index is 1.99. The van der Waals surface area contributed by atoms with E-state index in [-0.39, 0.29) is 12.1 Å². The van der Waals surface area contributed by atoms with Gasteiger partial charge in [-0.05, 0) is 12.5 Å². The largest absolute Gasteiger partial charge is 0.480 e. The van der Waals surface area contributed by atoms with Gasteiger partial charge in [-0.1, -0.05) is 30.3 Å². The van der Waals surface area contributed by atoms with Crippen LogP contribution in [0.3, 0.4) is 0 Å². The number of rotatable bonds is 3. The first-order chi connectivity index (χ1) is 9.09. The molecule has 0 aromatic heterocycles. The molecule has 2 atom stereocenters. The summed E-state index contributed by atoms with van der Waals surface area (Å²) in [6.45, 7) is 1.88. The molecule has 0 radical (unpaired) electrons. The summed E-state index contributed by atoms with van der Waals surface area (Å²) in [5, 5.41) is 11.9. The molecule has 0 spiro atoms. The Morgan fingerprint density at radius 1 is 1.42 bits per heavy atom. The Bertz CT molecular complexity index is 466. The van der Waals surface area contributed by atoms with Crippen molar-refractivity contribution in [2.75, 3.05) is 11.6 Å². The molecule has 2 amide bonds. The fraction of sp³-hybridized carbons (Fsp3) is 0.385. The summed E-state index contributed by atoms with van der Waals surface area (Å²) in [7, 11) is 0. The van der Waals surface area contributed by atoms with E-state index in [1.807, 2.05) is 37.3 Å². The zero-order valence-corrected chi connectivity index (χ0v) is 11.4. The second-order valence-electron chi connectivity index (χ2n) is 4.41. The van der Waals surface area contributed by atoms with Crippen molar-refractivity contribution in [2.24, 2.45) is 0 Å². The summed E-state index contributed by atoms with van der Waals surface area (Å²) in [6.07, 6.45) is 0. The van der Waals surface area contributed by atoms with Crippen molar-refractivity contribution in [3.63, 3.8) is 0 Å². The van der Waals surface area contributed by atoms with Crippen molar-refractivity contribution in [1.82, 2.24) is 10.2 Å². The fourth-order valence-corrected chi connectivity index (χ4v) is 3.09. The van der Waals surface area contributed by atoms with Crippen LogP contribution in [0.2, 0.25) is 0 Å². The maximum absolute atomic E-state index is 12.1. The van der Waals surface area contributed by atoms with E-state index in [0.717, 1.165) is 5.56 Å². The van der Waals surface area contributed by atoms with E-state index in [2.05, 4.69) is 5.32 Å². The number of carboxylic acids is 1. The van der Waals surface area contributed by atoms with Gasteiger partial charge in [0.1, 0.15) is 6.04 Å². The van der Waals surface area contributed by atoms with Crippen LogP contribution in [0, 0.1) is 0 Å². The smallest absolute Gasteiger partial charge is 0.327 e.